The molecule has 4 heterocycles. The van der Waals surface area contributed by atoms with Crippen molar-refractivity contribution < 1.29 is 23.7 Å². The Labute approximate surface area is 202 Å². The van der Waals surface area contributed by atoms with Gasteiger partial charge in [0.25, 0.3) is 5.92 Å². The lowest BCUT2D eigenvalue weighted by Gasteiger charge is -2.55. The van der Waals surface area contributed by atoms with Gasteiger partial charge in [-0.1, -0.05) is 11.6 Å². The van der Waals surface area contributed by atoms with Crippen molar-refractivity contribution in [2.45, 2.75) is 38.2 Å². The first-order valence-electron chi connectivity index (χ1n) is 12.1. The fourth-order valence-corrected chi connectivity index (χ4v) is 5.83. The largest absolute Gasteiger partial charge is 0.508 e. The molecule has 35 heavy (non-hydrogen) atoms. The summed E-state index contributed by atoms with van der Waals surface area (Å²) < 4.78 is 36.0. The van der Waals surface area contributed by atoms with Gasteiger partial charge in [-0.2, -0.15) is 0 Å². The minimum atomic E-state index is -3.19. The molecule has 2 fully saturated rings. The molecule has 2 saturated heterocycles. The number of alkyl halides is 2. The number of aryl methyl sites for hydroxylation is 1. The van der Waals surface area contributed by atoms with E-state index in [1.54, 1.807) is 12.1 Å². The molecule has 3 aliphatic rings. The predicted octanol–water partition coefficient (Wildman–Crippen LogP) is 4.03. The zero-order chi connectivity index (χ0) is 24.2. The third kappa shape index (κ3) is 4.24. The highest BCUT2D eigenvalue weighted by molar-refractivity contribution is 5.85. The van der Waals surface area contributed by atoms with Gasteiger partial charge in [-0.05, 0) is 65.8 Å². The molecule has 0 saturated carbocycles. The second-order valence-electron chi connectivity index (χ2n) is 10.4. The summed E-state index contributed by atoms with van der Waals surface area (Å²) >= 11 is 0. The number of nitrogens with zero attached hydrogens (tertiary/aromatic N) is 3. The molecule has 6 rings (SSSR count). The Morgan fingerprint density at radius 1 is 1.11 bits per heavy atom. The topological polar surface area (TPSA) is 70.2 Å². The molecular formula is C27H29F2N3O3. The van der Waals surface area contributed by atoms with Crippen molar-refractivity contribution >= 4 is 11.2 Å². The number of aromatic hydroxyl groups is 1. The maximum absolute atomic E-state index is 14.3. The van der Waals surface area contributed by atoms with Crippen molar-refractivity contribution in [3.63, 3.8) is 0 Å². The van der Waals surface area contributed by atoms with Gasteiger partial charge in [0.15, 0.2) is 0 Å². The maximum Gasteiger partial charge on any atom is 0.274 e. The van der Waals surface area contributed by atoms with Gasteiger partial charge in [0.1, 0.15) is 18.0 Å². The van der Waals surface area contributed by atoms with Gasteiger partial charge in [-0.15, -0.1) is 0 Å². The second kappa shape index (κ2) is 8.40. The van der Waals surface area contributed by atoms with Gasteiger partial charge in [0, 0.05) is 43.9 Å². The Balaban J connectivity index is 1.37. The Morgan fingerprint density at radius 2 is 1.94 bits per heavy atom. The standard InChI is InChI=1S/C27H29F2N3O3/c28-27(29,15-33)10-20-3-1-2-18-8-22(34)4-5-23(18)25(20)19-6-7-32-12-21(30-24(32)9-19)11-31-13-26(14-31)16-35-17-26/h4-9,12,33-34H,1-3,10-11,13-17H2. The van der Waals surface area contributed by atoms with Crippen molar-refractivity contribution in [3.05, 3.63) is 70.7 Å². The molecule has 2 N–H and O–H groups in total. The van der Waals surface area contributed by atoms with E-state index < -0.39 is 19.0 Å². The quantitative estimate of drug-likeness (QED) is 0.557. The molecule has 0 amide bonds. The van der Waals surface area contributed by atoms with Crippen molar-refractivity contribution in [1.82, 2.24) is 14.3 Å². The first-order valence-corrected chi connectivity index (χ1v) is 12.1. The van der Waals surface area contributed by atoms with Gasteiger partial charge in [-0.3, -0.25) is 4.90 Å². The summed E-state index contributed by atoms with van der Waals surface area (Å²) in [5.41, 5.74) is 6.10. The van der Waals surface area contributed by atoms with Crippen LogP contribution in [0.2, 0.25) is 0 Å². The van der Waals surface area contributed by atoms with E-state index in [0.29, 0.717) is 30.3 Å². The van der Waals surface area contributed by atoms with E-state index >= 15 is 0 Å². The van der Waals surface area contributed by atoms with Gasteiger partial charge in [0.2, 0.25) is 0 Å². The highest BCUT2D eigenvalue weighted by Gasteiger charge is 2.48. The number of likely N-dealkylation sites (tertiary alicyclic amines) is 1. The molecule has 0 unspecified atom stereocenters. The summed E-state index contributed by atoms with van der Waals surface area (Å²) in [6.45, 7) is 3.36. The van der Waals surface area contributed by atoms with E-state index in [2.05, 4.69) is 4.90 Å². The maximum atomic E-state index is 14.3. The van der Waals surface area contributed by atoms with E-state index in [4.69, 9.17) is 9.72 Å². The number of pyridine rings is 1. The Kier molecular flexibility index (Phi) is 5.43. The highest BCUT2D eigenvalue weighted by atomic mass is 19.3. The zero-order valence-corrected chi connectivity index (χ0v) is 19.5. The molecule has 8 heteroatoms. The van der Waals surface area contributed by atoms with E-state index in [9.17, 15) is 19.0 Å². The number of fused-ring (bicyclic) bond motifs is 2. The number of imidazole rings is 1. The number of phenols is 1. The lowest BCUT2D eigenvalue weighted by atomic mass is 9.78. The number of hydrogen-bond donors (Lipinski definition) is 2. The Morgan fingerprint density at radius 3 is 2.69 bits per heavy atom. The third-order valence-corrected chi connectivity index (χ3v) is 7.46. The van der Waals surface area contributed by atoms with Crippen LogP contribution in [0.1, 0.15) is 41.6 Å². The molecule has 0 bridgehead atoms. The van der Waals surface area contributed by atoms with Crippen LogP contribution >= 0.6 is 0 Å². The molecule has 2 aromatic heterocycles. The number of halogens is 2. The van der Waals surface area contributed by atoms with E-state index in [-0.39, 0.29) is 5.75 Å². The minimum Gasteiger partial charge on any atom is -0.508 e. The van der Waals surface area contributed by atoms with Crippen LogP contribution in [0, 0.1) is 5.41 Å². The van der Waals surface area contributed by atoms with E-state index in [1.807, 2.05) is 35.0 Å². The number of aromatic nitrogens is 2. The summed E-state index contributed by atoms with van der Waals surface area (Å²) in [6.07, 6.45) is 5.36. The number of rotatable bonds is 6. The van der Waals surface area contributed by atoms with Crippen LogP contribution in [-0.4, -0.2) is 63.3 Å². The van der Waals surface area contributed by atoms with Crippen molar-refractivity contribution in [1.29, 1.82) is 0 Å². The van der Waals surface area contributed by atoms with Crippen molar-refractivity contribution in [3.8, 4) is 5.75 Å². The number of allylic oxidation sites excluding steroid dienone is 1. The molecule has 0 atom stereocenters. The summed E-state index contributed by atoms with van der Waals surface area (Å²) in [5, 5.41) is 19.3. The van der Waals surface area contributed by atoms with Crippen LogP contribution in [-0.2, 0) is 17.7 Å². The average Bonchev–Trinajstić information content (AvgIpc) is 3.09. The number of phenolic OH excluding ortho intramolecular Hbond substituents is 1. The Hall–Kier alpha value is -2.81. The number of hydrogen-bond acceptors (Lipinski definition) is 5. The van der Waals surface area contributed by atoms with Crippen molar-refractivity contribution in [2.24, 2.45) is 5.41 Å². The van der Waals surface area contributed by atoms with Crippen LogP contribution in [0.4, 0.5) is 8.78 Å². The van der Waals surface area contributed by atoms with Crippen LogP contribution < -0.4 is 0 Å². The third-order valence-electron chi connectivity index (χ3n) is 7.46. The Bertz CT molecular complexity index is 1300. The smallest absolute Gasteiger partial charge is 0.274 e. The lowest BCUT2D eigenvalue weighted by molar-refractivity contribution is -0.191. The fourth-order valence-electron chi connectivity index (χ4n) is 5.83. The summed E-state index contributed by atoms with van der Waals surface area (Å²) in [7, 11) is 0. The van der Waals surface area contributed by atoms with Gasteiger partial charge in [-0.25, -0.2) is 13.8 Å². The number of aliphatic hydroxyl groups excluding tert-OH is 1. The molecular weight excluding hydrogens is 452 g/mol. The number of aliphatic hydroxyl groups is 1. The van der Waals surface area contributed by atoms with Gasteiger partial charge >= 0.3 is 0 Å². The van der Waals surface area contributed by atoms with E-state index in [1.165, 1.54) is 0 Å². The van der Waals surface area contributed by atoms with Gasteiger partial charge < -0.3 is 19.4 Å². The van der Waals surface area contributed by atoms with Gasteiger partial charge in [0.05, 0.1) is 18.9 Å². The van der Waals surface area contributed by atoms with Crippen LogP contribution in [0.5, 0.6) is 5.75 Å². The number of ether oxygens (including phenoxy) is 1. The van der Waals surface area contributed by atoms with Crippen LogP contribution in [0.15, 0.2) is 48.3 Å². The average molecular weight is 482 g/mol. The summed E-state index contributed by atoms with van der Waals surface area (Å²) in [5.74, 6) is -3.02. The molecule has 1 aromatic carbocycles. The van der Waals surface area contributed by atoms with Crippen LogP contribution in [0.25, 0.3) is 11.2 Å². The van der Waals surface area contributed by atoms with Crippen molar-refractivity contribution in [2.75, 3.05) is 32.9 Å². The number of benzene rings is 1. The second-order valence-corrected chi connectivity index (χ2v) is 10.4. The fraction of sp³-hybridized carbons (Fsp3) is 0.444. The SMILES string of the molecule is OCC(F)(F)CC1=C(c2ccn3cc(CN4CC5(COC5)C4)nc3c2)c2ccc(O)cc2CCC1. The molecule has 6 nitrogen and oxygen atoms in total. The monoisotopic (exact) mass is 481 g/mol. The predicted molar refractivity (Wildman–Crippen MR) is 127 cm³/mol. The first kappa shape index (κ1) is 22.6. The molecule has 184 valence electrons. The lowest BCUT2D eigenvalue weighted by Crippen LogP contribution is -2.65. The highest BCUT2D eigenvalue weighted by Crippen LogP contribution is 2.41. The van der Waals surface area contributed by atoms with Crippen LogP contribution in [0.3, 0.4) is 0 Å². The molecule has 0 radical (unpaired) electrons. The normalized spacial score (nSPS) is 20.0. The molecule has 1 spiro atoms. The molecule has 1 aliphatic carbocycles. The first-order chi connectivity index (χ1) is 16.8. The molecule has 3 aromatic rings. The van der Waals surface area contributed by atoms with E-state index in [0.717, 1.165) is 66.5 Å². The minimum absolute atomic E-state index is 0.168. The summed E-state index contributed by atoms with van der Waals surface area (Å²) in [6, 6.07) is 9.03. The summed E-state index contributed by atoms with van der Waals surface area (Å²) in [4.78, 5) is 7.20. The zero-order valence-electron chi connectivity index (χ0n) is 19.5. The molecule has 2 aliphatic heterocycles.